The number of carbonyl (C=O) groups excluding carboxylic acids is 1. The van der Waals surface area contributed by atoms with Gasteiger partial charge in [0.15, 0.2) is 0 Å². The number of terminal acetylenes is 1. The summed E-state index contributed by atoms with van der Waals surface area (Å²) in [6.45, 7) is 8.13. The third-order valence-corrected chi connectivity index (χ3v) is 6.25. The van der Waals surface area contributed by atoms with Gasteiger partial charge < -0.3 is 21.5 Å². The quantitative estimate of drug-likeness (QED) is 0.458. The second kappa shape index (κ2) is 15.5. The number of halogens is 2. The number of benzene rings is 1. The molecule has 1 aliphatic rings. The molecule has 2 unspecified atom stereocenters. The van der Waals surface area contributed by atoms with Crippen LogP contribution in [0.1, 0.15) is 68.2 Å². The van der Waals surface area contributed by atoms with E-state index in [4.69, 9.17) is 16.6 Å². The van der Waals surface area contributed by atoms with Crippen LogP contribution in [0.15, 0.2) is 47.9 Å². The van der Waals surface area contributed by atoms with E-state index in [9.17, 15) is 13.6 Å². The number of hydrogen-bond acceptors (Lipinski definition) is 6. The lowest BCUT2D eigenvalue weighted by atomic mass is 9.73. The molecule has 0 bridgehead atoms. The molecular formula is C29H39F2N5O2. The third kappa shape index (κ3) is 7.62. The van der Waals surface area contributed by atoms with Gasteiger partial charge in [-0.15, -0.1) is 12.8 Å². The summed E-state index contributed by atoms with van der Waals surface area (Å²) in [5.41, 5.74) is 14.3. The number of aromatic nitrogens is 2. The Labute approximate surface area is 224 Å². The molecule has 3 rings (SSSR count). The molecule has 2 aromatic rings. The summed E-state index contributed by atoms with van der Waals surface area (Å²) in [4.78, 5) is 22.6. The van der Waals surface area contributed by atoms with E-state index in [0.29, 0.717) is 23.4 Å². The number of likely N-dealkylation sites (N-methyl/N-ethyl adjacent to an activating group) is 1. The van der Waals surface area contributed by atoms with Crippen molar-refractivity contribution in [2.45, 2.75) is 46.5 Å². The predicted molar refractivity (Wildman–Crippen MR) is 147 cm³/mol. The van der Waals surface area contributed by atoms with Crippen molar-refractivity contribution in [3.05, 3.63) is 76.5 Å². The van der Waals surface area contributed by atoms with E-state index in [-0.39, 0.29) is 53.8 Å². The predicted octanol–water partition coefficient (Wildman–Crippen LogP) is 4.46. The van der Waals surface area contributed by atoms with Crippen LogP contribution < -0.4 is 11.5 Å². The van der Waals surface area contributed by atoms with E-state index < -0.39 is 11.6 Å². The SMILES string of the molecule is C#C.CC.CC(C)C1CCC(c2cncc(C(=O)N(C)CCO)n2)C(N)=C1/C=C(\N)c1c(F)cccc1F. The Morgan fingerprint density at radius 2 is 1.82 bits per heavy atom. The van der Waals surface area contributed by atoms with Crippen LogP contribution in [0.4, 0.5) is 8.78 Å². The van der Waals surface area contributed by atoms with Crippen LogP contribution in [0, 0.1) is 36.3 Å². The Morgan fingerprint density at radius 3 is 2.37 bits per heavy atom. The maximum absolute atomic E-state index is 14.3. The Kier molecular flexibility index (Phi) is 13.1. The molecular weight excluding hydrogens is 488 g/mol. The molecule has 5 N–H and O–H groups in total. The highest BCUT2D eigenvalue weighted by Crippen LogP contribution is 2.41. The number of rotatable bonds is 7. The van der Waals surface area contributed by atoms with Crippen LogP contribution in [0.5, 0.6) is 0 Å². The number of nitrogens with two attached hydrogens (primary N) is 2. The van der Waals surface area contributed by atoms with Gasteiger partial charge in [-0.05, 0) is 48.5 Å². The Hall–Kier alpha value is -3.77. The number of hydrogen-bond donors (Lipinski definition) is 3. The van der Waals surface area contributed by atoms with Crippen molar-refractivity contribution in [3.63, 3.8) is 0 Å². The first-order chi connectivity index (χ1) is 18.1. The summed E-state index contributed by atoms with van der Waals surface area (Å²) < 4.78 is 28.6. The third-order valence-electron chi connectivity index (χ3n) is 6.25. The molecule has 0 saturated carbocycles. The van der Waals surface area contributed by atoms with E-state index in [0.717, 1.165) is 18.6 Å². The molecule has 1 amide bonds. The standard InChI is InChI=1S/C25H31F2N5O2.C2H6.C2H2/c1-14(2)15-7-8-16(21-12-30-13-22(31-21)25(34)32(3)9-10-33)24(29)17(15)11-20(28)23-18(26)5-4-6-19(23)27;2*1-2/h4-6,11-16,33H,7-10,28-29H2,1-3H3;1-2H3;1-2H/b20-11-;;. The molecule has 0 spiro atoms. The minimum absolute atomic E-state index is 0.0399. The summed E-state index contributed by atoms with van der Waals surface area (Å²) >= 11 is 0. The molecule has 2 atom stereocenters. The second-order valence-corrected chi connectivity index (χ2v) is 8.87. The molecule has 1 heterocycles. The lowest BCUT2D eigenvalue weighted by Gasteiger charge is -2.33. The average molecular weight is 528 g/mol. The largest absolute Gasteiger partial charge is 0.401 e. The maximum Gasteiger partial charge on any atom is 0.273 e. The van der Waals surface area contributed by atoms with Crippen molar-refractivity contribution in [1.82, 2.24) is 14.9 Å². The highest BCUT2D eigenvalue weighted by atomic mass is 19.1. The first kappa shape index (κ1) is 32.3. The zero-order chi connectivity index (χ0) is 29.0. The monoisotopic (exact) mass is 527 g/mol. The lowest BCUT2D eigenvalue weighted by molar-refractivity contribution is 0.0760. The van der Waals surface area contributed by atoms with Crippen LogP contribution in [0.25, 0.3) is 5.70 Å². The number of carbonyl (C=O) groups is 1. The number of amides is 1. The van der Waals surface area contributed by atoms with Crippen LogP contribution in [0.3, 0.4) is 0 Å². The van der Waals surface area contributed by atoms with Gasteiger partial charge in [0.05, 0.1) is 24.1 Å². The first-order valence-electron chi connectivity index (χ1n) is 12.6. The summed E-state index contributed by atoms with van der Waals surface area (Å²) in [6.07, 6.45) is 13.9. The minimum Gasteiger partial charge on any atom is -0.401 e. The second-order valence-electron chi connectivity index (χ2n) is 8.87. The summed E-state index contributed by atoms with van der Waals surface area (Å²) in [7, 11) is 1.57. The normalized spacial score (nSPS) is 17.2. The molecule has 0 radical (unpaired) electrons. The van der Waals surface area contributed by atoms with Crippen molar-refractivity contribution in [1.29, 1.82) is 0 Å². The molecule has 1 aromatic heterocycles. The van der Waals surface area contributed by atoms with Gasteiger partial charge in [0, 0.05) is 37.1 Å². The van der Waals surface area contributed by atoms with Crippen LogP contribution in [-0.2, 0) is 0 Å². The Morgan fingerprint density at radius 1 is 1.21 bits per heavy atom. The van der Waals surface area contributed by atoms with Gasteiger partial charge in [0.2, 0.25) is 0 Å². The lowest BCUT2D eigenvalue weighted by Crippen LogP contribution is -2.31. The fraction of sp³-hybridized carbons (Fsp3) is 0.414. The van der Waals surface area contributed by atoms with Crippen LogP contribution >= 0.6 is 0 Å². The molecule has 7 nitrogen and oxygen atoms in total. The zero-order valence-electron chi connectivity index (χ0n) is 22.8. The fourth-order valence-electron chi connectivity index (χ4n) is 4.37. The van der Waals surface area contributed by atoms with E-state index in [2.05, 4.69) is 36.7 Å². The molecule has 9 heteroatoms. The number of allylic oxidation sites excluding steroid dienone is 3. The van der Waals surface area contributed by atoms with E-state index in [1.807, 2.05) is 13.8 Å². The molecule has 0 saturated heterocycles. The van der Waals surface area contributed by atoms with Gasteiger partial charge in [0.25, 0.3) is 5.91 Å². The van der Waals surface area contributed by atoms with Crippen molar-refractivity contribution in [2.75, 3.05) is 20.2 Å². The summed E-state index contributed by atoms with van der Waals surface area (Å²) in [5.74, 6) is -1.92. The smallest absolute Gasteiger partial charge is 0.273 e. The zero-order valence-corrected chi connectivity index (χ0v) is 22.8. The summed E-state index contributed by atoms with van der Waals surface area (Å²) in [5, 5.41) is 9.10. The molecule has 0 fully saturated rings. The van der Waals surface area contributed by atoms with Gasteiger partial charge >= 0.3 is 0 Å². The first-order valence-corrected chi connectivity index (χ1v) is 12.6. The summed E-state index contributed by atoms with van der Waals surface area (Å²) in [6, 6.07) is 3.60. The van der Waals surface area contributed by atoms with Gasteiger partial charge in [-0.3, -0.25) is 9.78 Å². The van der Waals surface area contributed by atoms with Crippen molar-refractivity contribution in [3.8, 4) is 12.8 Å². The van der Waals surface area contributed by atoms with Gasteiger partial charge in [0.1, 0.15) is 17.3 Å². The Balaban J connectivity index is 0.00000172. The highest BCUT2D eigenvalue weighted by molar-refractivity contribution is 5.91. The molecule has 206 valence electrons. The topological polar surface area (TPSA) is 118 Å². The molecule has 1 aliphatic carbocycles. The van der Waals surface area contributed by atoms with Gasteiger partial charge in [-0.1, -0.05) is 33.8 Å². The fourth-order valence-corrected chi connectivity index (χ4v) is 4.37. The Bertz CT molecular complexity index is 1140. The molecule has 0 aliphatic heterocycles. The van der Waals surface area contributed by atoms with Crippen molar-refractivity contribution < 1.29 is 18.7 Å². The minimum atomic E-state index is -0.745. The van der Waals surface area contributed by atoms with Crippen molar-refractivity contribution in [2.24, 2.45) is 23.3 Å². The van der Waals surface area contributed by atoms with E-state index >= 15 is 0 Å². The van der Waals surface area contributed by atoms with E-state index in [1.165, 1.54) is 17.2 Å². The van der Waals surface area contributed by atoms with Crippen LogP contribution in [0.2, 0.25) is 0 Å². The number of aliphatic hydroxyl groups is 1. The molecule has 1 aromatic carbocycles. The number of aliphatic hydroxyl groups excluding tert-OH is 1. The van der Waals surface area contributed by atoms with E-state index in [1.54, 1.807) is 19.3 Å². The van der Waals surface area contributed by atoms with Gasteiger partial charge in [-0.25, -0.2) is 13.8 Å². The van der Waals surface area contributed by atoms with Crippen LogP contribution in [-0.4, -0.2) is 46.1 Å². The molecule has 38 heavy (non-hydrogen) atoms. The maximum atomic E-state index is 14.3. The highest BCUT2D eigenvalue weighted by Gasteiger charge is 2.32. The number of nitrogens with zero attached hydrogens (tertiary/aromatic N) is 3. The van der Waals surface area contributed by atoms with Gasteiger partial charge in [-0.2, -0.15) is 0 Å². The van der Waals surface area contributed by atoms with Crippen molar-refractivity contribution >= 4 is 11.6 Å². The average Bonchev–Trinajstić information content (AvgIpc) is 2.91.